The number of nitrogens with one attached hydrogen (secondary N) is 2. The number of urea groups is 1. The highest BCUT2D eigenvalue weighted by Gasteiger charge is 2.22. The maximum absolute atomic E-state index is 12.4. The van der Waals surface area contributed by atoms with E-state index in [0.29, 0.717) is 18.0 Å². The molecule has 5 heteroatoms. The molecule has 4 N–H and O–H groups in total. The van der Waals surface area contributed by atoms with Gasteiger partial charge in [0.15, 0.2) is 0 Å². The van der Waals surface area contributed by atoms with Gasteiger partial charge in [0.1, 0.15) is 5.84 Å². The Kier molecular flexibility index (Phi) is 5.89. The lowest BCUT2D eigenvalue weighted by molar-refractivity contribution is 0.170. The quantitative estimate of drug-likeness (QED) is 0.572. The van der Waals surface area contributed by atoms with Crippen LogP contribution in [-0.2, 0) is 13.0 Å². The Labute approximate surface area is 154 Å². The molecule has 0 aliphatic carbocycles. The van der Waals surface area contributed by atoms with Gasteiger partial charge in [0.25, 0.3) is 0 Å². The zero-order valence-electron chi connectivity index (χ0n) is 14.9. The summed E-state index contributed by atoms with van der Waals surface area (Å²) in [5.74, 6) is 0.708. The first kappa shape index (κ1) is 18.0. The summed E-state index contributed by atoms with van der Waals surface area (Å²) in [5, 5.41) is 10.4. The zero-order valence-corrected chi connectivity index (χ0v) is 14.9. The fourth-order valence-corrected chi connectivity index (χ4v) is 3.38. The van der Waals surface area contributed by atoms with Gasteiger partial charge in [-0.25, -0.2) is 4.79 Å². The molecule has 1 saturated heterocycles. The van der Waals surface area contributed by atoms with Crippen LogP contribution < -0.4 is 11.1 Å². The minimum Gasteiger partial charge on any atom is -0.384 e. The number of amidine groups is 1. The molecule has 1 aliphatic rings. The number of piperidine rings is 1. The van der Waals surface area contributed by atoms with Crippen LogP contribution in [0, 0.1) is 11.3 Å². The van der Waals surface area contributed by atoms with Crippen molar-refractivity contribution in [3.8, 4) is 0 Å². The lowest BCUT2D eigenvalue weighted by atomic mass is 9.90. The molecule has 0 unspecified atom stereocenters. The third kappa shape index (κ3) is 4.85. The van der Waals surface area contributed by atoms with Crippen LogP contribution in [0.3, 0.4) is 0 Å². The molecule has 0 atom stereocenters. The number of hydrogen-bond donors (Lipinski definition) is 3. The second-order valence-corrected chi connectivity index (χ2v) is 6.89. The minimum atomic E-state index is -0.00111. The molecule has 3 rings (SSSR count). The zero-order chi connectivity index (χ0) is 18.4. The highest BCUT2D eigenvalue weighted by molar-refractivity contribution is 5.94. The number of nitrogens with two attached hydrogens (primary N) is 1. The smallest absolute Gasteiger partial charge is 0.317 e. The summed E-state index contributed by atoms with van der Waals surface area (Å²) in [7, 11) is 0. The standard InChI is InChI=1S/C21H26N4O/c22-20(23)19-8-6-18(7-9-19)15-24-21(26)25-12-10-17(11-13-25)14-16-4-2-1-3-5-16/h1-9,17H,10-15H2,(H3,22,23)(H,24,26). The molecule has 2 amide bonds. The molecule has 2 aromatic rings. The Bertz CT molecular complexity index is 734. The monoisotopic (exact) mass is 350 g/mol. The van der Waals surface area contributed by atoms with E-state index in [9.17, 15) is 4.79 Å². The molecule has 0 spiro atoms. The van der Waals surface area contributed by atoms with Crippen LogP contribution in [-0.4, -0.2) is 29.9 Å². The van der Waals surface area contributed by atoms with Gasteiger partial charge < -0.3 is 16.0 Å². The van der Waals surface area contributed by atoms with Gasteiger partial charge in [0.05, 0.1) is 0 Å². The highest BCUT2D eigenvalue weighted by atomic mass is 16.2. The second-order valence-electron chi connectivity index (χ2n) is 6.89. The number of benzene rings is 2. The molecule has 1 heterocycles. The van der Waals surface area contributed by atoms with Crippen LogP contribution in [0.5, 0.6) is 0 Å². The van der Waals surface area contributed by atoms with Gasteiger partial charge in [0, 0.05) is 25.2 Å². The maximum Gasteiger partial charge on any atom is 0.317 e. The molecular formula is C21H26N4O. The van der Waals surface area contributed by atoms with E-state index < -0.39 is 0 Å². The van der Waals surface area contributed by atoms with Crippen molar-refractivity contribution in [1.82, 2.24) is 10.2 Å². The van der Waals surface area contributed by atoms with Crippen LogP contribution in [0.25, 0.3) is 0 Å². The van der Waals surface area contributed by atoms with Gasteiger partial charge in [-0.2, -0.15) is 0 Å². The third-order valence-electron chi connectivity index (χ3n) is 4.98. The van der Waals surface area contributed by atoms with Gasteiger partial charge in [0.2, 0.25) is 0 Å². The molecule has 26 heavy (non-hydrogen) atoms. The molecule has 0 saturated carbocycles. The first-order valence-corrected chi connectivity index (χ1v) is 9.12. The normalized spacial score (nSPS) is 14.8. The van der Waals surface area contributed by atoms with E-state index in [2.05, 4.69) is 29.6 Å². The summed E-state index contributed by atoms with van der Waals surface area (Å²) in [4.78, 5) is 14.3. The number of nitrogens with zero attached hydrogens (tertiary/aromatic N) is 1. The highest BCUT2D eigenvalue weighted by Crippen LogP contribution is 2.21. The van der Waals surface area contributed by atoms with Crippen LogP contribution in [0.1, 0.15) is 29.5 Å². The SMILES string of the molecule is N=C(N)c1ccc(CNC(=O)N2CCC(Cc3ccccc3)CC2)cc1. The summed E-state index contributed by atoms with van der Waals surface area (Å²) in [6.07, 6.45) is 3.20. The number of nitrogen functional groups attached to an aromatic ring is 1. The van der Waals surface area contributed by atoms with E-state index in [1.165, 1.54) is 5.56 Å². The van der Waals surface area contributed by atoms with Crippen molar-refractivity contribution in [1.29, 1.82) is 5.41 Å². The topological polar surface area (TPSA) is 82.2 Å². The summed E-state index contributed by atoms with van der Waals surface area (Å²) < 4.78 is 0. The largest absolute Gasteiger partial charge is 0.384 e. The molecule has 0 radical (unpaired) electrons. The summed E-state index contributed by atoms with van der Waals surface area (Å²) in [6, 6.07) is 18.0. The Morgan fingerprint density at radius 1 is 1.04 bits per heavy atom. The Morgan fingerprint density at radius 2 is 1.69 bits per heavy atom. The van der Waals surface area contributed by atoms with Crippen LogP contribution in [0.2, 0.25) is 0 Å². The number of rotatable bonds is 5. The average molecular weight is 350 g/mol. The summed E-state index contributed by atoms with van der Waals surface area (Å²) in [6.45, 7) is 2.11. The van der Waals surface area contributed by atoms with Crippen LogP contribution >= 0.6 is 0 Å². The maximum atomic E-state index is 12.4. The van der Waals surface area contributed by atoms with E-state index in [-0.39, 0.29) is 11.9 Å². The molecule has 1 fully saturated rings. The van der Waals surface area contributed by atoms with Crippen molar-refractivity contribution in [2.24, 2.45) is 11.7 Å². The van der Waals surface area contributed by atoms with Crippen molar-refractivity contribution in [2.75, 3.05) is 13.1 Å². The number of hydrogen-bond acceptors (Lipinski definition) is 2. The molecule has 136 valence electrons. The summed E-state index contributed by atoms with van der Waals surface area (Å²) in [5.41, 5.74) is 8.53. The lowest BCUT2D eigenvalue weighted by Gasteiger charge is -2.32. The van der Waals surface area contributed by atoms with Gasteiger partial charge in [-0.3, -0.25) is 5.41 Å². The molecule has 0 aromatic heterocycles. The number of carbonyl (C=O) groups is 1. The Hall–Kier alpha value is -2.82. The molecular weight excluding hydrogens is 324 g/mol. The van der Waals surface area contributed by atoms with E-state index in [1.54, 1.807) is 12.1 Å². The lowest BCUT2D eigenvalue weighted by Crippen LogP contribution is -2.44. The molecule has 0 bridgehead atoms. The predicted octanol–water partition coefficient (Wildman–Crippen LogP) is 3.13. The number of amides is 2. The van der Waals surface area contributed by atoms with E-state index in [4.69, 9.17) is 11.1 Å². The minimum absolute atomic E-state index is 0.00111. The number of carbonyl (C=O) groups excluding carboxylic acids is 1. The third-order valence-corrected chi connectivity index (χ3v) is 4.98. The van der Waals surface area contributed by atoms with Crippen molar-refractivity contribution in [3.63, 3.8) is 0 Å². The van der Waals surface area contributed by atoms with Crippen molar-refractivity contribution >= 4 is 11.9 Å². The van der Waals surface area contributed by atoms with E-state index >= 15 is 0 Å². The second kappa shape index (κ2) is 8.52. The van der Waals surface area contributed by atoms with Crippen LogP contribution in [0.15, 0.2) is 54.6 Å². The molecule has 1 aliphatic heterocycles. The van der Waals surface area contributed by atoms with Crippen LogP contribution in [0.4, 0.5) is 4.79 Å². The Balaban J connectivity index is 1.42. The van der Waals surface area contributed by atoms with Crippen molar-refractivity contribution in [2.45, 2.75) is 25.8 Å². The molecule has 2 aromatic carbocycles. The summed E-state index contributed by atoms with van der Waals surface area (Å²) >= 11 is 0. The first-order valence-electron chi connectivity index (χ1n) is 9.12. The fraction of sp³-hybridized carbons (Fsp3) is 0.333. The van der Waals surface area contributed by atoms with Crippen molar-refractivity contribution < 1.29 is 4.79 Å². The molecule has 5 nitrogen and oxygen atoms in total. The predicted molar refractivity (Wildman–Crippen MR) is 104 cm³/mol. The van der Waals surface area contributed by atoms with Gasteiger partial charge in [-0.15, -0.1) is 0 Å². The van der Waals surface area contributed by atoms with E-state index in [0.717, 1.165) is 37.9 Å². The fourth-order valence-electron chi connectivity index (χ4n) is 3.38. The van der Waals surface area contributed by atoms with Crippen molar-refractivity contribution in [3.05, 3.63) is 71.3 Å². The average Bonchev–Trinajstić information content (AvgIpc) is 2.68. The van der Waals surface area contributed by atoms with Gasteiger partial charge in [-0.05, 0) is 36.3 Å². The first-order chi connectivity index (χ1) is 12.6. The van der Waals surface area contributed by atoms with Gasteiger partial charge in [-0.1, -0.05) is 54.6 Å². The van der Waals surface area contributed by atoms with E-state index in [1.807, 2.05) is 23.1 Å². The number of likely N-dealkylation sites (tertiary alicyclic amines) is 1. The Morgan fingerprint density at radius 3 is 2.31 bits per heavy atom. The van der Waals surface area contributed by atoms with Gasteiger partial charge >= 0.3 is 6.03 Å².